The lowest BCUT2D eigenvalue weighted by molar-refractivity contribution is 0.103. The molecule has 168 valence electrons. The molecule has 0 radical (unpaired) electrons. The van der Waals surface area contributed by atoms with Crippen LogP contribution in [-0.2, 0) is 0 Å². The van der Waals surface area contributed by atoms with Crippen LogP contribution in [0.3, 0.4) is 0 Å². The molecule has 0 saturated heterocycles. The van der Waals surface area contributed by atoms with E-state index in [0.717, 1.165) is 22.3 Å². The van der Waals surface area contributed by atoms with Gasteiger partial charge in [0, 0.05) is 32.0 Å². The van der Waals surface area contributed by atoms with Crippen LogP contribution in [0.4, 0.5) is 0 Å². The molecule has 0 aliphatic carbocycles. The normalized spacial score (nSPS) is 10.6. The smallest absolute Gasteiger partial charge is 0.185 e. The van der Waals surface area contributed by atoms with E-state index in [4.69, 9.17) is 0 Å². The summed E-state index contributed by atoms with van der Waals surface area (Å²) in [6.07, 6.45) is 7.95. The standard InChI is InChI=1S/2C14H10O2S/c2*15-10-12-8-9-17-14(12)7-6-13(16)11-4-2-1-3-5-11/h2*1-10H/b2*7-6+. The maximum Gasteiger partial charge on any atom is 0.185 e. The molecule has 6 heteroatoms. The molecule has 0 fully saturated rings. The highest BCUT2D eigenvalue weighted by molar-refractivity contribution is 7.11. The number of carbonyl (C=O) groups is 4. The first-order valence-corrected chi connectivity index (χ1v) is 12.0. The van der Waals surface area contributed by atoms with E-state index in [1.807, 2.05) is 47.2 Å². The molecule has 0 saturated carbocycles. The molecule has 34 heavy (non-hydrogen) atoms. The van der Waals surface area contributed by atoms with Crippen LogP contribution in [0.2, 0.25) is 0 Å². The number of hydrogen-bond acceptors (Lipinski definition) is 6. The largest absolute Gasteiger partial charge is 0.298 e. The highest BCUT2D eigenvalue weighted by Crippen LogP contribution is 2.18. The molecular formula is C28H20O4S2. The summed E-state index contributed by atoms with van der Waals surface area (Å²) in [6.45, 7) is 0. The SMILES string of the molecule is O=Cc1ccsc1/C=C/C(=O)c1ccccc1.O=Cc1ccsc1/C=C/C(=O)c1ccccc1. The lowest BCUT2D eigenvalue weighted by Gasteiger charge is -1.93. The Morgan fingerprint density at radius 1 is 0.559 bits per heavy atom. The summed E-state index contributed by atoms with van der Waals surface area (Å²) in [4.78, 5) is 46.5. The van der Waals surface area contributed by atoms with Crippen molar-refractivity contribution in [2.75, 3.05) is 0 Å². The van der Waals surface area contributed by atoms with Gasteiger partial charge in [-0.2, -0.15) is 0 Å². The first kappa shape index (κ1) is 24.6. The van der Waals surface area contributed by atoms with E-state index in [9.17, 15) is 19.2 Å². The molecule has 0 atom stereocenters. The Labute approximate surface area is 205 Å². The summed E-state index contributed by atoms with van der Waals surface area (Å²) in [7, 11) is 0. The van der Waals surface area contributed by atoms with Gasteiger partial charge in [0.05, 0.1) is 0 Å². The van der Waals surface area contributed by atoms with Crippen molar-refractivity contribution in [3.05, 3.63) is 128 Å². The second-order valence-electron chi connectivity index (χ2n) is 6.84. The Morgan fingerprint density at radius 3 is 1.29 bits per heavy atom. The Balaban J connectivity index is 0.000000191. The lowest BCUT2D eigenvalue weighted by atomic mass is 10.1. The molecule has 2 heterocycles. The third-order valence-corrected chi connectivity index (χ3v) is 6.39. The zero-order valence-corrected chi connectivity index (χ0v) is 19.6. The average Bonchev–Trinajstić information content (AvgIpc) is 3.56. The van der Waals surface area contributed by atoms with Crippen LogP contribution in [0.15, 0.2) is 95.7 Å². The summed E-state index contributed by atoms with van der Waals surface area (Å²) in [6, 6.07) is 21.6. The Hall–Kier alpha value is -4.00. The maximum absolute atomic E-state index is 11.8. The average molecular weight is 485 g/mol. The van der Waals surface area contributed by atoms with Gasteiger partial charge >= 0.3 is 0 Å². The lowest BCUT2D eigenvalue weighted by Crippen LogP contribution is -1.92. The van der Waals surface area contributed by atoms with Gasteiger partial charge in [-0.3, -0.25) is 19.2 Å². The molecule has 2 aromatic carbocycles. The molecule has 0 unspecified atom stereocenters. The second-order valence-corrected chi connectivity index (χ2v) is 8.74. The van der Waals surface area contributed by atoms with Crippen molar-refractivity contribution in [1.82, 2.24) is 0 Å². The second kappa shape index (κ2) is 12.9. The molecule has 0 amide bonds. The highest BCUT2D eigenvalue weighted by atomic mass is 32.1. The van der Waals surface area contributed by atoms with Crippen molar-refractivity contribution < 1.29 is 19.2 Å². The van der Waals surface area contributed by atoms with Crippen LogP contribution in [0.25, 0.3) is 12.2 Å². The molecule has 0 spiro atoms. The summed E-state index contributed by atoms with van der Waals surface area (Å²) in [5, 5.41) is 3.66. The predicted octanol–water partition coefficient (Wildman–Crippen LogP) is 6.91. The molecular weight excluding hydrogens is 464 g/mol. The number of thiophene rings is 2. The fourth-order valence-corrected chi connectivity index (χ4v) is 4.35. The summed E-state index contributed by atoms with van der Waals surface area (Å²) in [5.41, 5.74) is 2.53. The van der Waals surface area contributed by atoms with Gasteiger partial charge in [0.1, 0.15) is 0 Å². The molecule has 0 N–H and O–H groups in total. The summed E-state index contributed by atoms with van der Waals surface area (Å²) >= 11 is 2.88. The van der Waals surface area contributed by atoms with Crippen molar-refractivity contribution in [3.8, 4) is 0 Å². The number of ketones is 2. The van der Waals surface area contributed by atoms with Crippen molar-refractivity contribution in [1.29, 1.82) is 0 Å². The first-order valence-electron chi connectivity index (χ1n) is 10.2. The summed E-state index contributed by atoms with van der Waals surface area (Å²) in [5.74, 6) is -0.119. The first-order chi connectivity index (χ1) is 16.6. The van der Waals surface area contributed by atoms with E-state index in [-0.39, 0.29) is 11.6 Å². The van der Waals surface area contributed by atoms with Gasteiger partial charge in [-0.15, -0.1) is 22.7 Å². The van der Waals surface area contributed by atoms with Gasteiger partial charge in [-0.1, -0.05) is 60.7 Å². The zero-order valence-electron chi connectivity index (χ0n) is 18.0. The number of allylic oxidation sites excluding steroid dienone is 2. The van der Waals surface area contributed by atoms with E-state index < -0.39 is 0 Å². The van der Waals surface area contributed by atoms with E-state index in [2.05, 4.69) is 0 Å². The fraction of sp³-hybridized carbons (Fsp3) is 0. The number of benzene rings is 2. The van der Waals surface area contributed by atoms with Gasteiger partial charge in [0.15, 0.2) is 24.1 Å². The monoisotopic (exact) mass is 484 g/mol. The number of hydrogen-bond donors (Lipinski definition) is 0. The van der Waals surface area contributed by atoms with Crippen molar-refractivity contribution in [2.45, 2.75) is 0 Å². The minimum absolute atomic E-state index is 0.0594. The minimum atomic E-state index is -0.0594. The van der Waals surface area contributed by atoms with Gasteiger partial charge < -0.3 is 0 Å². The van der Waals surface area contributed by atoms with Gasteiger partial charge in [-0.05, 0) is 47.2 Å². The third-order valence-electron chi connectivity index (χ3n) is 4.60. The Bertz CT molecular complexity index is 1210. The molecule has 0 bridgehead atoms. The van der Waals surface area contributed by atoms with E-state index >= 15 is 0 Å². The van der Waals surface area contributed by atoms with E-state index in [0.29, 0.717) is 22.3 Å². The molecule has 4 aromatic rings. The van der Waals surface area contributed by atoms with Gasteiger partial charge in [-0.25, -0.2) is 0 Å². The molecule has 2 aromatic heterocycles. The zero-order chi connectivity index (χ0) is 24.2. The van der Waals surface area contributed by atoms with Gasteiger partial charge in [0.25, 0.3) is 0 Å². The van der Waals surface area contributed by atoms with Crippen LogP contribution < -0.4 is 0 Å². The molecule has 0 aliphatic rings. The van der Waals surface area contributed by atoms with Crippen LogP contribution in [0, 0.1) is 0 Å². The molecule has 0 aliphatic heterocycles. The summed E-state index contributed by atoms with van der Waals surface area (Å²) < 4.78 is 0. The van der Waals surface area contributed by atoms with Gasteiger partial charge in [0.2, 0.25) is 0 Å². The van der Waals surface area contributed by atoms with Crippen LogP contribution in [0.5, 0.6) is 0 Å². The number of rotatable bonds is 8. The number of carbonyl (C=O) groups excluding carboxylic acids is 4. The van der Waals surface area contributed by atoms with Crippen LogP contribution >= 0.6 is 22.7 Å². The maximum atomic E-state index is 11.8. The molecule has 4 nitrogen and oxygen atoms in total. The van der Waals surface area contributed by atoms with E-state index in [1.165, 1.54) is 34.8 Å². The predicted molar refractivity (Wildman–Crippen MR) is 139 cm³/mol. The topological polar surface area (TPSA) is 68.3 Å². The van der Waals surface area contributed by atoms with Crippen LogP contribution in [0.1, 0.15) is 51.2 Å². The van der Waals surface area contributed by atoms with Crippen molar-refractivity contribution in [2.24, 2.45) is 0 Å². The number of aldehydes is 2. The fourth-order valence-electron chi connectivity index (χ4n) is 2.83. The Kier molecular flexibility index (Phi) is 9.34. The quantitative estimate of drug-likeness (QED) is 0.155. The van der Waals surface area contributed by atoms with Crippen LogP contribution in [-0.4, -0.2) is 24.1 Å². The van der Waals surface area contributed by atoms with E-state index in [1.54, 1.807) is 48.6 Å². The molecule has 4 rings (SSSR count). The highest BCUT2D eigenvalue weighted by Gasteiger charge is 2.03. The minimum Gasteiger partial charge on any atom is -0.298 e. The van der Waals surface area contributed by atoms with Crippen molar-refractivity contribution >= 4 is 59.0 Å². The van der Waals surface area contributed by atoms with Crippen molar-refractivity contribution in [3.63, 3.8) is 0 Å². The third kappa shape index (κ3) is 7.00. The Morgan fingerprint density at radius 2 is 0.941 bits per heavy atom.